The van der Waals surface area contributed by atoms with Gasteiger partial charge in [0, 0.05) is 9.26 Å². The highest BCUT2D eigenvalue weighted by atomic mass is 127. The number of carbonyl (C=O) groups is 2. The van der Waals surface area contributed by atoms with Gasteiger partial charge < -0.3 is 15.4 Å². The van der Waals surface area contributed by atoms with Gasteiger partial charge in [-0.15, -0.1) is 0 Å². The Labute approximate surface area is 135 Å². The summed E-state index contributed by atoms with van der Waals surface area (Å²) in [4.78, 5) is 23.4. The molecule has 2 N–H and O–H groups in total. The van der Waals surface area contributed by atoms with E-state index in [1.54, 1.807) is 24.3 Å². The Hall–Kier alpha value is -2.09. The second kappa shape index (κ2) is 7.07. The number of hydrogen-bond donors (Lipinski definition) is 2. The second-order valence-electron chi connectivity index (χ2n) is 4.13. The summed E-state index contributed by atoms with van der Waals surface area (Å²) in [6, 6.07) is 13.6. The molecule has 108 valence electrons. The maximum atomic E-state index is 11.9. The van der Waals surface area contributed by atoms with Crippen molar-refractivity contribution in [1.82, 2.24) is 0 Å². The monoisotopic (exact) mass is 396 g/mol. The summed E-state index contributed by atoms with van der Waals surface area (Å²) >= 11 is 2.14. The highest BCUT2D eigenvalue weighted by Crippen LogP contribution is 2.18. The summed E-state index contributed by atoms with van der Waals surface area (Å²) in [6.07, 6.45) is 0. The van der Waals surface area contributed by atoms with Gasteiger partial charge in [0.15, 0.2) is 0 Å². The number of anilines is 2. The lowest BCUT2D eigenvalue weighted by molar-refractivity contribution is 0.0600. The zero-order valence-corrected chi connectivity index (χ0v) is 13.4. The summed E-state index contributed by atoms with van der Waals surface area (Å²) < 4.78 is 5.58. The third kappa shape index (κ3) is 4.19. The number of esters is 1. The molecule has 0 aliphatic carbocycles. The molecule has 6 heteroatoms. The van der Waals surface area contributed by atoms with E-state index in [0.29, 0.717) is 11.3 Å². The van der Waals surface area contributed by atoms with Crippen LogP contribution in [-0.4, -0.2) is 19.1 Å². The van der Waals surface area contributed by atoms with Gasteiger partial charge in [0.2, 0.25) is 0 Å². The van der Waals surface area contributed by atoms with Crippen molar-refractivity contribution in [3.8, 4) is 0 Å². The molecule has 0 saturated carbocycles. The number of rotatable bonds is 3. The molecular weight excluding hydrogens is 383 g/mol. The molecule has 0 saturated heterocycles. The Morgan fingerprint density at radius 2 is 1.81 bits per heavy atom. The number of carbonyl (C=O) groups excluding carboxylic acids is 2. The van der Waals surface area contributed by atoms with Crippen LogP contribution in [-0.2, 0) is 4.74 Å². The highest BCUT2D eigenvalue weighted by Gasteiger charge is 2.08. The molecule has 0 aliphatic rings. The molecule has 2 aromatic carbocycles. The zero-order chi connectivity index (χ0) is 15.2. The quantitative estimate of drug-likeness (QED) is 0.614. The number of methoxy groups -OCH3 is 1. The van der Waals surface area contributed by atoms with Crippen LogP contribution in [0.25, 0.3) is 0 Å². The lowest BCUT2D eigenvalue weighted by Gasteiger charge is -2.09. The first-order valence-electron chi connectivity index (χ1n) is 6.11. The predicted octanol–water partition coefficient (Wildman–Crippen LogP) is 3.72. The average molecular weight is 396 g/mol. The molecule has 0 bridgehead atoms. The van der Waals surface area contributed by atoms with Crippen LogP contribution in [0.15, 0.2) is 48.5 Å². The minimum absolute atomic E-state index is 0.374. The van der Waals surface area contributed by atoms with Crippen molar-refractivity contribution in [2.75, 3.05) is 17.7 Å². The molecule has 0 unspecified atom stereocenters. The van der Waals surface area contributed by atoms with Crippen LogP contribution in [0.2, 0.25) is 0 Å². The van der Waals surface area contributed by atoms with Crippen molar-refractivity contribution in [3.63, 3.8) is 0 Å². The molecule has 0 aromatic heterocycles. The van der Waals surface area contributed by atoms with Gasteiger partial charge in [-0.2, -0.15) is 0 Å². The van der Waals surface area contributed by atoms with E-state index in [0.717, 1.165) is 9.26 Å². The van der Waals surface area contributed by atoms with E-state index in [-0.39, 0.29) is 6.03 Å². The van der Waals surface area contributed by atoms with Gasteiger partial charge >= 0.3 is 12.0 Å². The number of para-hydroxylation sites is 1. The normalized spacial score (nSPS) is 9.81. The Morgan fingerprint density at radius 1 is 1.05 bits per heavy atom. The molecule has 0 spiro atoms. The molecule has 0 fully saturated rings. The van der Waals surface area contributed by atoms with Gasteiger partial charge in [-0.3, -0.25) is 0 Å². The van der Waals surface area contributed by atoms with Crippen LogP contribution >= 0.6 is 22.6 Å². The molecule has 0 atom stereocenters. The van der Waals surface area contributed by atoms with E-state index in [4.69, 9.17) is 0 Å². The average Bonchev–Trinajstić information content (AvgIpc) is 2.49. The SMILES string of the molecule is COC(=O)c1cccc(NC(=O)Nc2ccccc2I)c1. The summed E-state index contributed by atoms with van der Waals surface area (Å²) in [7, 11) is 1.31. The van der Waals surface area contributed by atoms with Gasteiger partial charge in [-0.05, 0) is 52.9 Å². The third-order valence-electron chi connectivity index (χ3n) is 2.66. The zero-order valence-electron chi connectivity index (χ0n) is 11.2. The first-order valence-corrected chi connectivity index (χ1v) is 7.19. The number of halogens is 1. The summed E-state index contributed by atoms with van der Waals surface area (Å²) in [6.45, 7) is 0. The fraction of sp³-hybridized carbons (Fsp3) is 0.0667. The number of nitrogens with one attached hydrogen (secondary N) is 2. The first-order chi connectivity index (χ1) is 10.1. The van der Waals surface area contributed by atoms with Crippen molar-refractivity contribution < 1.29 is 14.3 Å². The van der Waals surface area contributed by atoms with Crippen LogP contribution < -0.4 is 10.6 Å². The molecule has 0 heterocycles. The largest absolute Gasteiger partial charge is 0.465 e. The van der Waals surface area contributed by atoms with Crippen LogP contribution in [0.4, 0.5) is 16.2 Å². The Balaban J connectivity index is 2.06. The molecule has 21 heavy (non-hydrogen) atoms. The van der Waals surface area contributed by atoms with Crippen LogP contribution in [0.3, 0.4) is 0 Å². The van der Waals surface area contributed by atoms with Gasteiger partial charge in [0.1, 0.15) is 0 Å². The summed E-state index contributed by atoms with van der Waals surface area (Å²) in [5, 5.41) is 5.42. The number of urea groups is 1. The fourth-order valence-corrected chi connectivity index (χ4v) is 2.21. The molecular formula is C15H13IN2O3. The lowest BCUT2D eigenvalue weighted by atomic mass is 10.2. The Bertz CT molecular complexity index is 673. The van der Waals surface area contributed by atoms with E-state index in [1.165, 1.54) is 7.11 Å². The number of benzene rings is 2. The van der Waals surface area contributed by atoms with Gasteiger partial charge in [0.05, 0.1) is 18.4 Å². The summed E-state index contributed by atoms with van der Waals surface area (Å²) in [5.74, 6) is -0.448. The molecule has 0 aliphatic heterocycles. The van der Waals surface area contributed by atoms with Crippen molar-refractivity contribution in [1.29, 1.82) is 0 Å². The van der Waals surface area contributed by atoms with Gasteiger partial charge in [0.25, 0.3) is 0 Å². The van der Waals surface area contributed by atoms with Crippen LogP contribution in [0.1, 0.15) is 10.4 Å². The van der Waals surface area contributed by atoms with Crippen molar-refractivity contribution in [2.45, 2.75) is 0 Å². The van der Waals surface area contributed by atoms with Gasteiger partial charge in [-0.25, -0.2) is 9.59 Å². The standard InChI is InChI=1S/C15H13IN2O3/c1-21-14(19)10-5-4-6-11(9-10)17-15(20)18-13-8-3-2-7-12(13)16/h2-9H,1H3,(H2,17,18,20). The molecule has 2 rings (SSSR count). The van der Waals surface area contributed by atoms with E-state index >= 15 is 0 Å². The van der Waals surface area contributed by atoms with E-state index in [2.05, 4.69) is 38.0 Å². The third-order valence-corrected chi connectivity index (χ3v) is 3.60. The number of hydrogen-bond acceptors (Lipinski definition) is 3. The molecule has 2 amide bonds. The molecule has 0 radical (unpaired) electrons. The minimum atomic E-state index is -0.448. The van der Waals surface area contributed by atoms with Crippen molar-refractivity contribution in [3.05, 3.63) is 57.7 Å². The Kier molecular flexibility index (Phi) is 5.15. The van der Waals surface area contributed by atoms with E-state index in [1.807, 2.05) is 24.3 Å². The van der Waals surface area contributed by atoms with Gasteiger partial charge in [-0.1, -0.05) is 18.2 Å². The minimum Gasteiger partial charge on any atom is -0.465 e. The lowest BCUT2D eigenvalue weighted by Crippen LogP contribution is -2.20. The molecule has 5 nitrogen and oxygen atoms in total. The smallest absolute Gasteiger partial charge is 0.337 e. The van der Waals surface area contributed by atoms with Crippen LogP contribution in [0, 0.1) is 3.57 Å². The topological polar surface area (TPSA) is 67.4 Å². The maximum Gasteiger partial charge on any atom is 0.337 e. The number of ether oxygens (including phenoxy) is 1. The number of amides is 2. The summed E-state index contributed by atoms with van der Waals surface area (Å²) in [5.41, 5.74) is 1.62. The Morgan fingerprint density at radius 3 is 2.52 bits per heavy atom. The predicted molar refractivity (Wildman–Crippen MR) is 89.6 cm³/mol. The fourth-order valence-electron chi connectivity index (χ4n) is 1.69. The second-order valence-corrected chi connectivity index (χ2v) is 5.29. The molecule has 2 aromatic rings. The maximum absolute atomic E-state index is 11.9. The van der Waals surface area contributed by atoms with Crippen molar-refractivity contribution in [2.24, 2.45) is 0 Å². The van der Waals surface area contributed by atoms with Crippen molar-refractivity contribution >= 4 is 46.0 Å². The highest BCUT2D eigenvalue weighted by molar-refractivity contribution is 14.1. The van der Waals surface area contributed by atoms with Crippen LogP contribution in [0.5, 0.6) is 0 Å². The van der Waals surface area contributed by atoms with E-state index in [9.17, 15) is 9.59 Å². The first kappa shape index (κ1) is 15.3. The van der Waals surface area contributed by atoms with E-state index < -0.39 is 5.97 Å².